The predicted octanol–water partition coefficient (Wildman–Crippen LogP) is 1.75. The van der Waals surface area contributed by atoms with E-state index >= 15 is 0 Å². The Morgan fingerprint density at radius 1 is 1.23 bits per heavy atom. The minimum atomic E-state index is -0.494. The fourth-order valence-corrected chi connectivity index (χ4v) is 1.98. The van der Waals surface area contributed by atoms with Crippen LogP contribution in [0.25, 0.3) is 0 Å². The van der Waals surface area contributed by atoms with E-state index in [0.29, 0.717) is 16.3 Å². The number of nitrogens with zero attached hydrogens (tertiary/aromatic N) is 1. The van der Waals surface area contributed by atoms with Crippen LogP contribution in [0.5, 0.6) is 5.75 Å². The van der Waals surface area contributed by atoms with Crippen LogP contribution in [0, 0.1) is 0 Å². The summed E-state index contributed by atoms with van der Waals surface area (Å²) in [6.45, 7) is 0. The first-order chi connectivity index (χ1) is 10.6. The van der Waals surface area contributed by atoms with Crippen molar-refractivity contribution in [1.29, 1.82) is 0 Å². The van der Waals surface area contributed by atoms with Crippen LogP contribution in [0.1, 0.15) is 16.1 Å². The number of benzene rings is 1. The number of amides is 2. The fraction of sp³-hybridized carbons (Fsp3) is 0.133. The summed E-state index contributed by atoms with van der Waals surface area (Å²) in [6.07, 6.45) is 1.51. The lowest BCUT2D eigenvalue weighted by atomic mass is 10.1. The van der Waals surface area contributed by atoms with Crippen LogP contribution < -0.4 is 15.6 Å². The lowest BCUT2D eigenvalue weighted by Crippen LogP contribution is -2.42. The van der Waals surface area contributed by atoms with E-state index in [0.717, 1.165) is 0 Å². The van der Waals surface area contributed by atoms with E-state index in [1.807, 2.05) is 0 Å². The third-order valence-electron chi connectivity index (χ3n) is 2.81. The molecule has 0 saturated carbocycles. The quantitative estimate of drug-likeness (QED) is 0.841. The van der Waals surface area contributed by atoms with E-state index < -0.39 is 11.8 Å². The number of ether oxygens (including phenoxy) is 1. The molecule has 2 rings (SSSR count). The predicted molar refractivity (Wildman–Crippen MR) is 81.6 cm³/mol. The molecule has 0 fully saturated rings. The molecule has 0 unspecified atom stereocenters. The normalized spacial score (nSPS) is 9.91. The number of hydrogen-bond donors (Lipinski definition) is 2. The molecule has 0 aliphatic carbocycles. The summed E-state index contributed by atoms with van der Waals surface area (Å²) in [7, 11) is 1.51. The van der Waals surface area contributed by atoms with E-state index in [1.165, 1.54) is 13.3 Å². The second-order valence-corrected chi connectivity index (χ2v) is 4.79. The van der Waals surface area contributed by atoms with Gasteiger partial charge in [-0.1, -0.05) is 17.7 Å². The summed E-state index contributed by atoms with van der Waals surface area (Å²) in [5.41, 5.74) is 5.46. The number of halogens is 1. The molecule has 0 saturated heterocycles. The number of hydrazine groups is 1. The van der Waals surface area contributed by atoms with Crippen molar-refractivity contribution in [1.82, 2.24) is 15.8 Å². The highest BCUT2D eigenvalue weighted by Gasteiger charge is 2.11. The van der Waals surface area contributed by atoms with Crippen LogP contribution in [0.4, 0.5) is 0 Å². The maximum absolute atomic E-state index is 11.9. The van der Waals surface area contributed by atoms with E-state index in [4.69, 9.17) is 16.3 Å². The number of hydrogen-bond acceptors (Lipinski definition) is 4. The Hall–Kier alpha value is -2.60. The van der Waals surface area contributed by atoms with E-state index in [1.54, 1.807) is 36.4 Å². The molecular formula is C15H14ClN3O3. The summed E-state index contributed by atoms with van der Waals surface area (Å²) in [5, 5.41) is 0.501. The van der Waals surface area contributed by atoms with Gasteiger partial charge in [-0.25, -0.2) is 0 Å². The van der Waals surface area contributed by atoms with Gasteiger partial charge in [0.05, 0.1) is 13.5 Å². The molecule has 2 N–H and O–H groups in total. The number of pyridine rings is 1. The topological polar surface area (TPSA) is 80.3 Å². The van der Waals surface area contributed by atoms with Gasteiger partial charge in [-0.2, -0.15) is 0 Å². The number of carbonyl (C=O) groups is 2. The third-order valence-corrected chi connectivity index (χ3v) is 3.04. The zero-order chi connectivity index (χ0) is 15.9. The number of nitrogens with one attached hydrogen (secondary N) is 2. The zero-order valence-corrected chi connectivity index (χ0v) is 12.6. The van der Waals surface area contributed by atoms with Crippen LogP contribution in [-0.4, -0.2) is 23.9 Å². The molecule has 1 aromatic heterocycles. The van der Waals surface area contributed by atoms with Crippen molar-refractivity contribution < 1.29 is 14.3 Å². The van der Waals surface area contributed by atoms with Crippen molar-refractivity contribution in [2.24, 2.45) is 0 Å². The van der Waals surface area contributed by atoms with Crippen molar-refractivity contribution >= 4 is 23.4 Å². The van der Waals surface area contributed by atoms with Gasteiger partial charge in [-0.3, -0.25) is 25.4 Å². The van der Waals surface area contributed by atoms with Gasteiger partial charge in [0.25, 0.3) is 5.91 Å². The van der Waals surface area contributed by atoms with E-state index in [-0.39, 0.29) is 12.1 Å². The highest BCUT2D eigenvalue weighted by atomic mass is 35.5. The Labute approximate surface area is 132 Å². The van der Waals surface area contributed by atoms with Crippen LogP contribution in [-0.2, 0) is 11.2 Å². The maximum atomic E-state index is 11.9. The summed E-state index contributed by atoms with van der Waals surface area (Å²) in [5.74, 6) is -0.340. The van der Waals surface area contributed by atoms with Crippen molar-refractivity contribution in [3.8, 4) is 5.75 Å². The average molecular weight is 320 g/mol. The molecule has 7 heteroatoms. The number of carbonyl (C=O) groups excluding carboxylic acids is 2. The van der Waals surface area contributed by atoms with Gasteiger partial charge in [0.15, 0.2) is 0 Å². The highest BCUT2D eigenvalue weighted by molar-refractivity contribution is 6.30. The smallest absolute Gasteiger partial charge is 0.288 e. The molecule has 0 bridgehead atoms. The first-order valence-corrected chi connectivity index (χ1v) is 6.80. The van der Waals surface area contributed by atoms with E-state index in [2.05, 4.69) is 15.8 Å². The second-order valence-electron chi connectivity index (χ2n) is 4.35. The van der Waals surface area contributed by atoms with Crippen molar-refractivity contribution in [2.45, 2.75) is 6.42 Å². The number of aromatic nitrogens is 1. The molecule has 0 aliphatic heterocycles. The van der Waals surface area contributed by atoms with Crippen LogP contribution in [0.15, 0.2) is 42.6 Å². The van der Waals surface area contributed by atoms with Gasteiger partial charge >= 0.3 is 0 Å². The molecule has 0 atom stereocenters. The van der Waals surface area contributed by atoms with E-state index in [9.17, 15) is 9.59 Å². The SMILES string of the molecule is COc1ccc(Cl)cc1CC(=O)NNC(=O)c1ccccn1. The Morgan fingerprint density at radius 2 is 2.05 bits per heavy atom. The van der Waals surface area contributed by atoms with Gasteiger partial charge in [-0.05, 0) is 30.3 Å². The van der Waals surface area contributed by atoms with Crippen LogP contribution in [0.3, 0.4) is 0 Å². The monoisotopic (exact) mass is 319 g/mol. The zero-order valence-electron chi connectivity index (χ0n) is 11.8. The Kier molecular flexibility index (Phi) is 5.32. The van der Waals surface area contributed by atoms with Gasteiger partial charge in [0, 0.05) is 16.8 Å². The van der Waals surface area contributed by atoms with Gasteiger partial charge in [0.1, 0.15) is 11.4 Å². The average Bonchev–Trinajstić information content (AvgIpc) is 2.53. The van der Waals surface area contributed by atoms with Crippen LogP contribution in [0.2, 0.25) is 5.02 Å². The lowest BCUT2D eigenvalue weighted by molar-refractivity contribution is -0.121. The van der Waals surface area contributed by atoms with Gasteiger partial charge < -0.3 is 4.74 Å². The van der Waals surface area contributed by atoms with Crippen molar-refractivity contribution in [3.63, 3.8) is 0 Å². The van der Waals surface area contributed by atoms with Crippen LogP contribution >= 0.6 is 11.6 Å². The standard InChI is InChI=1S/C15H14ClN3O3/c1-22-13-6-5-11(16)8-10(13)9-14(20)18-19-15(21)12-4-2-3-7-17-12/h2-8H,9H2,1H3,(H,18,20)(H,19,21). The van der Waals surface area contributed by atoms with Gasteiger partial charge in [-0.15, -0.1) is 0 Å². The first-order valence-electron chi connectivity index (χ1n) is 6.43. The summed E-state index contributed by atoms with van der Waals surface area (Å²) >= 11 is 5.90. The molecule has 1 aromatic carbocycles. The molecular weight excluding hydrogens is 306 g/mol. The summed E-state index contributed by atoms with van der Waals surface area (Å²) in [4.78, 5) is 27.5. The van der Waals surface area contributed by atoms with Gasteiger partial charge in [0.2, 0.25) is 5.91 Å². The molecule has 2 aromatic rings. The Balaban J connectivity index is 1.94. The minimum absolute atomic E-state index is 0.0201. The maximum Gasteiger partial charge on any atom is 0.288 e. The Morgan fingerprint density at radius 3 is 2.73 bits per heavy atom. The number of rotatable bonds is 4. The Bertz CT molecular complexity index is 677. The molecule has 6 nitrogen and oxygen atoms in total. The molecule has 2 amide bonds. The summed E-state index contributed by atoms with van der Waals surface area (Å²) < 4.78 is 5.16. The minimum Gasteiger partial charge on any atom is -0.496 e. The molecule has 1 heterocycles. The largest absolute Gasteiger partial charge is 0.496 e. The lowest BCUT2D eigenvalue weighted by Gasteiger charge is -2.10. The molecule has 0 spiro atoms. The third kappa shape index (κ3) is 4.20. The molecule has 0 aliphatic rings. The summed E-state index contributed by atoms with van der Waals surface area (Å²) in [6, 6.07) is 9.91. The van der Waals surface area contributed by atoms with Crippen molar-refractivity contribution in [3.05, 3.63) is 58.9 Å². The number of methoxy groups -OCH3 is 1. The first kappa shape index (κ1) is 15.8. The molecule has 22 heavy (non-hydrogen) atoms. The second kappa shape index (κ2) is 7.42. The highest BCUT2D eigenvalue weighted by Crippen LogP contribution is 2.22. The molecule has 0 radical (unpaired) electrons. The fourth-order valence-electron chi connectivity index (χ4n) is 1.79. The molecule has 114 valence electrons. The van der Waals surface area contributed by atoms with Crippen molar-refractivity contribution in [2.75, 3.05) is 7.11 Å².